The van der Waals surface area contributed by atoms with E-state index in [1.807, 2.05) is 6.07 Å². The predicted molar refractivity (Wildman–Crippen MR) is 75.2 cm³/mol. The van der Waals surface area contributed by atoms with E-state index < -0.39 is 23.9 Å². The molecule has 0 aliphatic rings. The number of pyridine rings is 1. The van der Waals surface area contributed by atoms with E-state index in [4.69, 9.17) is 4.74 Å². The average Bonchev–Trinajstić information content (AvgIpc) is 2.53. The van der Waals surface area contributed by atoms with Crippen molar-refractivity contribution in [2.75, 3.05) is 0 Å². The van der Waals surface area contributed by atoms with Crippen molar-refractivity contribution in [1.82, 2.24) is 4.98 Å². The topological polar surface area (TPSA) is 59.4 Å². The Hall–Kier alpha value is -2.41. The summed E-state index contributed by atoms with van der Waals surface area (Å²) in [4.78, 5) is 14.9. The Morgan fingerprint density at radius 2 is 1.83 bits per heavy atom. The van der Waals surface area contributed by atoms with Crippen LogP contribution in [-0.4, -0.2) is 22.2 Å². The van der Waals surface area contributed by atoms with Crippen LogP contribution < -0.4 is 0 Å². The summed E-state index contributed by atoms with van der Waals surface area (Å²) < 4.78 is 42.1. The molecule has 7 heteroatoms. The molecular weight excluding hydrogens is 311 g/mol. The number of ether oxygens (including phenoxy) is 1. The molecule has 0 unspecified atom stereocenters. The van der Waals surface area contributed by atoms with Gasteiger partial charge in [-0.1, -0.05) is 36.4 Å². The van der Waals surface area contributed by atoms with Gasteiger partial charge in [0.15, 0.2) is 6.10 Å². The molecule has 1 aromatic heterocycles. The number of alkyl halides is 3. The van der Waals surface area contributed by atoms with Gasteiger partial charge in [0.25, 0.3) is 0 Å². The minimum Gasteiger partial charge on any atom is -0.459 e. The van der Waals surface area contributed by atoms with Gasteiger partial charge >= 0.3 is 12.1 Å². The Balaban J connectivity index is 1.88. The molecule has 23 heavy (non-hydrogen) atoms. The van der Waals surface area contributed by atoms with Gasteiger partial charge in [0, 0.05) is 12.6 Å². The molecule has 0 amide bonds. The quantitative estimate of drug-likeness (QED) is 0.859. The van der Waals surface area contributed by atoms with E-state index in [-0.39, 0.29) is 13.0 Å². The Morgan fingerprint density at radius 1 is 1.13 bits per heavy atom. The van der Waals surface area contributed by atoms with Crippen molar-refractivity contribution in [2.24, 2.45) is 0 Å². The van der Waals surface area contributed by atoms with Gasteiger partial charge in [-0.05, 0) is 17.2 Å². The zero-order valence-electron chi connectivity index (χ0n) is 12.0. The molecule has 0 aliphatic carbocycles. The smallest absolute Gasteiger partial charge is 0.433 e. The molecule has 0 radical (unpaired) electrons. The van der Waals surface area contributed by atoms with Gasteiger partial charge in [0.1, 0.15) is 12.3 Å². The molecule has 4 nitrogen and oxygen atoms in total. The van der Waals surface area contributed by atoms with Crippen LogP contribution in [0.3, 0.4) is 0 Å². The summed E-state index contributed by atoms with van der Waals surface area (Å²) in [6.07, 6.45) is -5.17. The Kier molecular flexibility index (Phi) is 5.33. The second-order valence-corrected chi connectivity index (χ2v) is 4.86. The molecule has 0 saturated heterocycles. The molecule has 0 spiro atoms. The minimum atomic E-state index is -4.52. The predicted octanol–water partition coefficient (Wildman–Crippen LogP) is 2.75. The first-order valence-electron chi connectivity index (χ1n) is 6.77. The number of carbonyl (C=O) groups excluding carboxylic acids is 1. The maximum absolute atomic E-state index is 12.4. The summed E-state index contributed by atoms with van der Waals surface area (Å²) in [6, 6.07) is 10.9. The second-order valence-electron chi connectivity index (χ2n) is 4.86. The van der Waals surface area contributed by atoms with E-state index in [1.54, 1.807) is 24.3 Å². The van der Waals surface area contributed by atoms with Gasteiger partial charge in [0.2, 0.25) is 0 Å². The van der Waals surface area contributed by atoms with Crippen LogP contribution in [0.2, 0.25) is 0 Å². The number of rotatable bonds is 5. The molecule has 0 aliphatic heterocycles. The van der Waals surface area contributed by atoms with Gasteiger partial charge in [-0.3, -0.25) is 4.98 Å². The van der Waals surface area contributed by atoms with Crippen molar-refractivity contribution >= 4 is 5.97 Å². The van der Waals surface area contributed by atoms with E-state index in [2.05, 4.69) is 4.98 Å². The van der Waals surface area contributed by atoms with Crippen LogP contribution in [-0.2, 0) is 28.7 Å². The Bertz CT molecular complexity index is 642. The average molecular weight is 325 g/mol. The van der Waals surface area contributed by atoms with Crippen molar-refractivity contribution < 1.29 is 27.8 Å². The number of halogens is 3. The summed E-state index contributed by atoms with van der Waals surface area (Å²) >= 11 is 0. The lowest BCUT2D eigenvalue weighted by atomic mass is 10.1. The maximum atomic E-state index is 12.4. The summed E-state index contributed by atoms with van der Waals surface area (Å²) in [5, 5.41) is 9.75. The molecule has 1 N–H and O–H groups in total. The number of carbonyl (C=O) groups is 1. The van der Waals surface area contributed by atoms with Crippen LogP contribution in [0.1, 0.15) is 16.8 Å². The monoisotopic (exact) mass is 325 g/mol. The van der Waals surface area contributed by atoms with Gasteiger partial charge in [0.05, 0.1) is 0 Å². The summed E-state index contributed by atoms with van der Waals surface area (Å²) in [7, 11) is 0. The molecule has 0 fully saturated rings. The van der Waals surface area contributed by atoms with Gasteiger partial charge in [-0.25, -0.2) is 4.79 Å². The SMILES string of the molecule is O=C(OCc1ccccc1)[C@H](O)Cc1ccc(C(F)(F)F)nc1. The first kappa shape index (κ1) is 17.0. The third-order valence-corrected chi connectivity index (χ3v) is 3.04. The number of aliphatic hydroxyl groups is 1. The molecule has 2 aromatic rings. The highest BCUT2D eigenvalue weighted by Gasteiger charge is 2.32. The van der Waals surface area contributed by atoms with Crippen LogP contribution in [0.4, 0.5) is 13.2 Å². The van der Waals surface area contributed by atoms with Crippen molar-refractivity contribution in [3.8, 4) is 0 Å². The highest BCUT2D eigenvalue weighted by Crippen LogP contribution is 2.27. The lowest BCUT2D eigenvalue weighted by molar-refractivity contribution is -0.154. The lowest BCUT2D eigenvalue weighted by Gasteiger charge is -2.11. The van der Waals surface area contributed by atoms with Gasteiger partial charge in [-0.2, -0.15) is 13.2 Å². The zero-order chi connectivity index (χ0) is 16.9. The number of hydrogen-bond acceptors (Lipinski definition) is 4. The van der Waals surface area contributed by atoms with Crippen molar-refractivity contribution in [1.29, 1.82) is 0 Å². The summed E-state index contributed by atoms with van der Waals surface area (Å²) in [5.41, 5.74) is 0.0498. The summed E-state index contributed by atoms with van der Waals surface area (Å²) in [6.45, 7) is 0.0159. The molecule has 2 rings (SSSR count). The lowest BCUT2D eigenvalue weighted by Crippen LogP contribution is -2.25. The van der Waals surface area contributed by atoms with Crippen LogP contribution in [0, 0.1) is 0 Å². The second kappa shape index (κ2) is 7.23. The highest BCUT2D eigenvalue weighted by atomic mass is 19.4. The Morgan fingerprint density at radius 3 is 2.39 bits per heavy atom. The summed E-state index contributed by atoms with van der Waals surface area (Å²) in [5.74, 6) is -0.839. The van der Waals surface area contributed by atoms with E-state index in [9.17, 15) is 23.1 Å². The Labute approximate surface area is 130 Å². The minimum absolute atomic E-state index is 0.0159. The molecule has 0 bridgehead atoms. The van der Waals surface area contributed by atoms with E-state index in [0.29, 0.717) is 5.56 Å². The number of benzene rings is 1. The molecule has 1 aromatic carbocycles. The fourth-order valence-corrected chi connectivity index (χ4v) is 1.84. The van der Waals surface area contributed by atoms with E-state index >= 15 is 0 Å². The van der Waals surface area contributed by atoms with Crippen LogP contribution in [0.25, 0.3) is 0 Å². The number of aromatic nitrogens is 1. The van der Waals surface area contributed by atoms with Crippen LogP contribution >= 0.6 is 0 Å². The number of nitrogens with zero attached hydrogens (tertiary/aromatic N) is 1. The first-order chi connectivity index (χ1) is 10.9. The van der Waals surface area contributed by atoms with Crippen molar-refractivity contribution in [3.05, 3.63) is 65.5 Å². The highest BCUT2D eigenvalue weighted by molar-refractivity contribution is 5.74. The standard InChI is InChI=1S/C16H14F3NO3/c17-16(18,19)14-7-6-12(9-20-14)8-13(21)15(22)23-10-11-4-2-1-3-5-11/h1-7,9,13,21H,8,10H2/t13-/m1/s1. The normalized spacial score (nSPS) is 12.7. The van der Waals surface area contributed by atoms with Crippen LogP contribution in [0.5, 0.6) is 0 Å². The van der Waals surface area contributed by atoms with Gasteiger partial charge < -0.3 is 9.84 Å². The van der Waals surface area contributed by atoms with E-state index in [0.717, 1.165) is 17.8 Å². The fourth-order valence-electron chi connectivity index (χ4n) is 1.84. The van der Waals surface area contributed by atoms with E-state index in [1.165, 1.54) is 6.07 Å². The molecule has 1 heterocycles. The fraction of sp³-hybridized carbons (Fsp3) is 0.250. The molecular formula is C16H14F3NO3. The number of hydrogen-bond donors (Lipinski definition) is 1. The van der Waals surface area contributed by atoms with Gasteiger partial charge in [-0.15, -0.1) is 0 Å². The largest absolute Gasteiger partial charge is 0.459 e. The molecule has 122 valence electrons. The zero-order valence-corrected chi connectivity index (χ0v) is 12.0. The number of esters is 1. The third kappa shape index (κ3) is 5.07. The number of aliphatic hydroxyl groups excluding tert-OH is 1. The molecule has 1 atom stereocenters. The first-order valence-corrected chi connectivity index (χ1v) is 6.77. The van der Waals surface area contributed by atoms with Crippen molar-refractivity contribution in [2.45, 2.75) is 25.3 Å². The maximum Gasteiger partial charge on any atom is 0.433 e. The third-order valence-electron chi connectivity index (χ3n) is 3.04. The molecule has 0 saturated carbocycles. The van der Waals surface area contributed by atoms with Crippen molar-refractivity contribution in [3.63, 3.8) is 0 Å². The van der Waals surface area contributed by atoms with Crippen LogP contribution in [0.15, 0.2) is 48.7 Å².